The Labute approximate surface area is 144 Å². The van der Waals surface area contributed by atoms with Gasteiger partial charge in [0, 0.05) is 63.3 Å². The van der Waals surface area contributed by atoms with Crippen molar-refractivity contribution in [2.75, 3.05) is 13.1 Å². The Morgan fingerprint density at radius 3 is 2.64 bits per heavy atom. The highest BCUT2D eigenvalue weighted by Crippen LogP contribution is 2.35. The molecule has 134 valence electrons. The van der Waals surface area contributed by atoms with E-state index in [2.05, 4.69) is 19.9 Å². The third kappa shape index (κ3) is 3.28. The van der Waals surface area contributed by atoms with E-state index in [4.69, 9.17) is 0 Å². The van der Waals surface area contributed by atoms with Gasteiger partial charge in [-0.3, -0.25) is 19.5 Å². The van der Waals surface area contributed by atoms with Gasteiger partial charge in [0.2, 0.25) is 0 Å². The molecule has 2 bridgehead atoms. The Morgan fingerprint density at radius 2 is 1.96 bits per heavy atom. The summed E-state index contributed by atoms with van der Waals surface area (Å²) < 4.78 is 40.9. The molecule has 2 aromatic heterocycles. The molecule has 3 aliphatic heterocycles. The van der Waals surface area contributed by atoms with Crippen molar-refractivity contribution in [1.29, 1.82) is 0 Å². The molecule has 25 heavy (non-hydrogen) atoms. The Kier molecular flexibility index (Phi) is 4.24. The number of aromatic nitrogens is 3. The molecule has 0 radical (unpaired) electrons. The summed E-state index contributed by atoms with van der Waals surface area (Å²) in [5.41, 5.74) is 1.35. The molecule has 0 amide bonds. The third-order valence-corrected chi connectivity index (χ3v) is 5.08. The first-order valence-electron chi connectivity index (χ1n) is 8.37. The van der Waals surface area contributed by atoms with E-state index in [0.29, 0.717) is 30.7 Å². The van der Waals surface area contributed by atoms with E-state index in [1.165, 1.54) is 16.9 Å². The Hall–Kier alpha value is -1.93. The van der Waals surface area contributed by atoms with Gasteiger partial charge in [-0.1, -0.05) is 0 Å². The second kappa shape index (κ2) is 6.42. The average Bonchev–Trinajstić information content (AvgIpc) is 2.94. The first-order valence-corrected chi connectivity index (χ1v) is 8.37. The SMILES string of the molecule is Cn1cc(CN2C3CC2CN(Cc2cncc(F)c2)C3)c(C(F)F)n1. The second-order valence-electron chi connectivity index (χ2n) is 6.94. The lowest BCUT2D eigenvalue weighted by atomic mass is 9.86. The monoisotopic (exact) mass is 351 g/mol. The fourth-order valence-corrected chi connectivity index (χ4v) is 4.02. The lowest BCUT2D eigenvalue weighted by Crippen LogP contribution is -2.67. The van der Waals surface area contributed by atoms with Crippen molar-refractivity contribution in [2.45, 2.75) is 38.0 Å². The molecule has 5 nitrogen and oxygen atoms in total. The number of aryl methyl sites for hydroxylation is 1. The molecule has 0 N–H and O–H groups in total. The zero-order valence-corrected chi connectivity index (χ0v) is 13.9. The molecule has 5 rings (SSSR count). The first-order chi connectivity index (χ1) is 12.0. The molecule has 3 fully saturated rings. The lowest BCUT2D eigenvalue weighted by Gasteiger charge is -2.56. The van der Waals surface area contributed by atoms with Crippen molar-refractivity contribution in [1.82, 2.24) is 24.6 Å². The minimum atomic E-state index is -2.55. The summed E-state index contributed by atoms with van der Waals surface area (Å²) in [5, 5.41) is 3.88. The summed E-state index contributed by atoms with van der Waals surface area (Å²) in [4.78, 5) is 8.45. The van der Waals surface area contributed by atoms with Gasteiger partial charge >= 0.3 is 0 Å². The minimum absolute atomic E-state index is 0.116. The third-order valence-electron chi connectivity index (χ3n) is 5.08. The molecule has 0 spiro atoms. The van der Waals surface area contributed by atoms with Gasteiger partial charge in [0.25, 0.3) is 6.43 Å². The average molecular weight is 351 g/mol. The van der Waals surface area contributed by atoms with Crippen LogP contribution in [0, 0.1) is 5.82 Å². The summed E-state index contributed by atoms with van der Waals surface area (Å²) in [6.07, 6.45) is 3.11. The number of nitrogens with zero attached hydrogens (tertiary/aromatic N) is 5. The van der Waals surface area contributed by atoms with Crippen LogP contribution in [0.5, 0.6) is 0 Å². The van der Waals surface area contributed by atoms with E-state index in [-0.39, 0.29) is 11.5 Å². The number of fused-ring (bicyclic) bond motifs is 2. The van der Waals surface area contributed by atoms with E-state index in [9.17, 15) is 13.2 Å². The van der Waals surface area contributed by atoms with Gasteiger partial charge in [-0.2, -0.15) is 5.10 Å². The van der Waals surface area contributed by atoms with E-state index >= 15 is 0 Å². The molecule has 0 aliphatic carbocycles. The van der Waals surface area contributed by atoms with Gasteiger partial charge in [-0.25, -0.2) is 13.2 Å². The molecule has 2 aromatic rings. The van der Waals surface area contributed by atoms with Gasteiger partial charge in [-0.15, -0.1) is 0 Å². The van der Waals surface area contributed by atoms with E-state index in [1.807, 2.05) is 0 Å². The maximum Gasteiger partial charge on any atom is 0.282 e. The Morgan fingerprint density at radius 1 is 1.20 bits per heavy atom. The molecule has 3 saturated heterocycles. The smallest absolute Gasteiger partial charge is 0.282 e. The lowest BCUT2D eigenvalue weighted by molar-refractivity contribution is -0.0779. The largest absolute Gasteiger partial charge is 0.296 e. The standard InChI is InChI=1S/C17H20F3N5/c1-23-7-12(16(22-23)17(19)20)8-25-14-3-15(25)10-24(9-14)6-11-2-13(18)5-21-4-11/h2,4-5,7,14-15,17H,3,6,8-10H2,1H3. The highest BCUT2D eigenvalue weighted by Gasteiger charge is 2.44. The molecule has 5 heterocycles. The van der Waals surface area contributed by atoms with Crippen molar-refractivity contribution in [3.05, 3.63) is 47.3 Å². The normalized spacial score (nSPS) is 23.9. The molecule has 2 unspecified atom stereocenters. The summed E-state index contributed by atoms with van der Waals surface area (Å²) in [6.45, 7) is 2.90. The maximum atomic E-state index is 13.3. The zero-order valence-electron chi connectivity index (χ0n) is 13.9. The van der Waals surface area contributed by atoms with Crippen LogP contribution in [0.25, 0.3) is 0 Å². The fourth-order valence-electron chi connectivity index (χ4n) is 4.02. The van der Waals surface area contributed by atoms with E-state index < -0.39 is 6.43 Å². The van der Waals surface area contributed by atoms with Crippen LogP contribution in [0.15, 0.2) is 24.7 Å². The van der Waals surface area contributed by atoms with Gasteiger partial charge in [0.05, 0.1) is 6.20 Å². The number of hydrogen-bond donors (Lipinski definition) is 0. The molecular formula is C17H20F3N5. The number of rotatable bonds is 5. The Bertz CT molecular complexity index is 750. The summed E-state index contributed by atoms with van der Waals surface area (Å²) in [7, 11) is 1.67. The number of alkyl halides is 2. The van der Waals surface area contributed by atoms with Crippen molar-refractivity contribution >= 4 is 0 Å². The summed E-state index contributed by atoms with van der Waals surface area (Å²) >= 11 is 0. The van der Waals surface area contributed by atoms with Crippen LogP contribution in [0.2, 0.25) is 0 Å². The summed E-state index contributed by atoms with van der Waals surface area (Å²) in [5.74, 6) is -0.322. The molecular weight excluding hydrogens is 331 g/mol. The minimum Gasteiger partial charge on any atom is -0.296 e. The predicted molar refractivity (Wildman–Crippen MR) is 85.4 cm³/mol. The van der Waals surface area contributed by atoms with Gasteiger partial charge in [-0.05, 0) is 18.1 Å². The highest BCUT2D eigenvalue weighted by molar-refractivity contribution is 5.20. The Balaban J connectivity index is 1.39. The molecule has 3 aliphatic rings. The van der Waals surface area contributed by atoms with Crippen LogP contribution in [-0.4, -0.2) is 49.7 Å². The van der Waals surface area contributed by atoms with E-state index in [1.54, 1.807) is 19.4 Å². The van der Waals surface area contributed by atoms with Crippen LogP contribution >= 0.6 is 0 Å². The number of halogens is 3. The van der Waals surface area contributed by atoms with Crippen LogP contribution in [0.3, 0.4) is 0 Å². The molecule has 0 saturated carbocycles. The maximum absolute atomic E-state index is 13.3. The summed E-state index contributed by atoms with van der Waals surface area (Å²) in [6, 6.07) is 2.22. The molecule has 2 atom stereocenters. The predicted octanol–water partition coefficient (Wildman–Crippen LogP) is 2.35. The number of hydrogen-bond acceptors (Lipinski definition) is 4. The quantitative estimate of drug-likeness (QED) is 0.829. The highest BCUT2D eigenvalue weighted by atomic mass is 19.3. The van der Waals surface area contributed by atoms with Gasteiger partial charge in [0.1, 0.15) is 11.5 Å². The fraction of sp³-hybridized carbons (Fsp3) is 0.529. The van der Waals surface area contributed by atoms with Gasteiger partial charge in [0.15, 0.2) is 0 Å². The topological polar surface area (TPSA) is 37.2 Å². The first kappa shape index (κ1) is 16.5. The molecule has 8 heteroatoms. The van der Waals surface area contributed by atoms with E-state index in [0.717, 1.165) is 25.1 Å². The zero-order chi connectivity index (χ0) is 17.6. The van der Waals surface area contributed by atoms with Crippen molar-refractivity contribution in [3.8, 4) is 0 Å². The van der Waals surface area contributed by atoms with Crippen molar-refractivity contribution in [2.24, 2.45) is 7.05 Å². The number of piperazine rings is 1. The van der Waals surface area contributed by atoms with Gasteiger partial charge < -0.3 is 0 Å². The number of piperidine rings is 1. The number of pyridine rings is 1. The van der Waals surface area contributed by atoms with Crippen LogP contribution < -0.4 is 0 Å². The van der Waals surface area contributed by atoms with Crippen molar-refractivity contribution < 1.29 is 13.2 Å². The van der Waals surface area contributed by atoms with Crippen molar-refractivity contribution in [3.63, 3.8) is 0 Å². The van der Waals surface area contributed by atoms with Crippen LogP contribution in [0.4, 0.5) is 13.2 Å². The van der Waals surface area contributed by atoms with Crippen LogP contribution in [0.1, 0.15) is 29.7 Å². The molecule has 0 aromatic carbocycles. The van der Waals surface area contributed by atoms with Crippen LogP contribution in [-0.2, 0) is 20.1 Å². The second-order valence-corrected chi connectivity index (χ2v) is 6.94.